The summed E-state index contributed by atoms with van der Waals surface area (Å²) in [5, 5.41) is 7.96. The summed E-state index contributed by atoms with van der Waals surface area (Å²) in [6.45, 7) is 0.680. The maximum Gasteiger partial charge on any atom is 0.255 e. The molecule has 0 saturated carbocycles. The summed E-state index contributed by atoms with van der Waals surface area (Å²) in [4.78, 5) is 26.2. The van der Waals surface area contributed by atoms with E-state index in [4.69, 9.17) is 34.8 Å². The van der Waals surface area contributed by atoms with Crippen molar-refractivity contribution in [2.45, 2.75) is 6.54 Å². The van der Waals surface area contributed by atoms with Gasteiger partial charge >= 0.3 is 0 Å². The van der Waals surface area contributed by atoms with E-state index in [-0.39, 0.29) is 18.4 Å². The molecule has 2 amide bonds. The van der Waals surface area contributed by atoms with E-state index in [1.54, 1.807) is 60.7 Å². The van der Waals surface area contributed by atoms with Crippen molar-refractivity contribution in [2.75, 3.05) is 16.9 Å². The Kier molecular flexibility index (Phi) is 6.49. The number of hydrazine groups is 1. The molecule has 31 heavy (non-hydrogen) atoms. The second kappa shape index (κ2) is 9.28. The summed E-state index contributed by atoms with van der Waals surface area (Å²) in [7, 11) is 0. The number of carbonyl (C=O) groups is 2. The first-order valence-electron chi connectivity index (χ1n) is 9.56. The molecule has 0 aromatic heterocycles. The van der Waals surface area contributed by atoms with Crippen LogP contribution in [0.25, 0.3) is 0 Å². The molecule has 1 atom stereocenters. The van der Waals surface area contributed by atoms with Crippen molar-refractivity contribution < 1.29 is 9.59 Å². The van der Waals surface area contributed by atoms with Gasteiger partial charge in [-0.2, -0.15) is 0 Å². The average molecular weight is 475 g/mol. The third-order valence-electron chi connectivity index (χ3n) is 4.96. The maximum absolute atomic E-state index is 13.3. The van der Waals surface area contributed by atoms with Crippen LogP contribution in [0.1, 0.15) is 5.56 Å². The number of anilines is 2. The van der Waals surface area contributed by atoms with Crippen LogP contribution in [0.3, 0.4) is 0 Å². The number of hydrogen-bond donors (Lipinski definition) is 1. The van der Waals surface area contributed by atoms with Crippen molar-refractivity contribution >= 4 is 58.0 Å². The van der Waals surface area contributed by atoms with Crippen LogP contribution in [0.15, 0.2) is 72.8 Å². The zero-order valence-corrected chi connectivity index (χ0v) is 18.5. The summed E-state index contributed by atoms with van der Waals surface area (Å²) >= 11 is 17.9. The molecule has 4 rings (SSSR count). The van der Waals surface area contributed by atoms with Gasteiger partial charge in [0.1, 0.15) is 5.92 Å². The van der Waals surface area contributed by atoms with Gasteiger partial charge in [-0.3, -0.25) is 9.59 Å². The smallest absolute Gasteiger partial charge is 0.255 e. The van der Waals surface area contributed by atoms with Crippen LogP contribution >= 0.6 is 34.8 Å². The normalized spacial score (nSPS) is 16.5. The van der Waals surface area contributed by atoms with E-state index in [1.165, 1.54) is 5.01 Å². The molecule has 0 aliphatic carbocycles. The van der Waals surface area contributed by atoms with Crippen molar-refractivity contribution in [1.82, 2.24) is 5.01 Å². The number of amides is 2. The minimum absolute atomic E-state index is 0.240. The van der Waals surface area contributed by atoms with Crippen LogP contribution in [0, 0.1) is 5.92 Å². The third-order valence-corrected chi connectivity index (χ3v) is 5.72. The topological polar surface area (TPSA) is 52.7 Å². The maximum atomic E-state index is 13.3. The fraction of sp³-hybridized carbons (Fsp3) is 0.130. The summed E-state index contributed by atoms with van der Waals surface area (Å²) in [5.41, 5.74) is 2.19. The minimum Gasteiger partial charge on any atom is -0.325 e. The van der Waals surface area contributed by atoms with E-state index in [1.807, 2.05) is 17.1 Å². The molecule has 1 aliphatic heterocycles. The molecule has 8 heteroatoms. The molecule has 1 unspecified atom stereocenters. The highest BCUT2D eigenvalue weighted by molar-refractivity contribution is 6.31. The molecule has 1 heterocycles. The largest absolute Gasteiger partial charge is 0.325 e. The second-order valence-corrected chi connectivity index (χ2v) is 8.46. The summed E-state index contributed by atoms with van der Waals surface area (Å²) in [6.07, 6.45) is 0. The summed E-state index contributed by atoms with van der Waals surface area (Å²) < 4.78 is 0. The highest BCUT2D eigenvalue weighted by Crippen LogP contribution is 2.30. The molecule has 1 saturated heterocycles. The summed E-state index contributed by atoms with van der Waals surface area (Å²) in [5.74, 6) is -1.54. The molecule has 3 aromatic carbocycles. The number of hydrogen-bond acceptors (Lipinski definition) is 3. The van der Waals surface area contributed by atoms with Gasteiger partial charge in [0.25, 0.3) is 5.91 Å². The number of carbonyl (C=O) groups excluding carboxylic acids is 2. The first kappa shape index (κ1) is 21.7. The molecular formula is C23H18Cl3N3O2. The van der Waals surface area contributed by atoms with E-state index in [9.17, 15) is 9.59 Å². The second-order valence-electron chi connectivity index (χ2n) is 7.15. The Bertz CT molecular complexity index is 1090. The van der Waals surface area contributed by atoms with Gasteiger partial charge in [0, 0.05) is 33.8 Å². The van der Waals surface area contributed by atoms with Gasteiger partial charge in [-0.15, -0.1) is 0 Å². The fourth-order valence-corrected chi connectivity index (χ4v) is 3.80. The molecular weight excluding hydrogens is 457 g/mol. The number of halogens is 3. The number of rotatable bonds is 5. The van der Waals surface area contributed by atoms with E-state index >= 15 is 0 Å². The Hall–Kier alpha value is -2.57. The quantitative estimate of drug-likeness (QED) is 0.485. The van der Waals surface area contributed by atoms with Gasteiger partial charge in [-0.25, -0.2) is 10.0 Å². The monoisotopic (exact) mass is 473 g/mol. The van der Waals surface area contributed by atoms with Crippen LogP contribution in [0.5, 0.6) is 0 Å². The molecule has 0 radical (unpaired) electrons. The van der Waals surface area contributed by atoms with Crippen LogP contribution in [0.4, 0.5) is 11.4 Å². The van der Waals surface area contributed by atoms with Crippen LogP contribution in [0.2, 0.25) is 15.1 Å². The lowest BCUT2D eigenvalue weighted by molar-refractivity contribution is -0.128. The zero-order valence-electron chi connectivity index (χ0n) is 16.3. The first-order chi connectivity index (χ1) is 14.9. The predicted octanol–water partition coefficient (Wildman–Crippen LogP) is 5.67. The predicted molar refractivity (Wildman–Crippen MR) is 124 cm³/mol. The first-order valence-corrected chi connectivity index (χ1v) is 10.7. The lowest BCUT2D eigenvalue weighted by atomic mass is 10.1. The Labute approximate surface area is 195 Å². The SMILES string of the molecule is O=C(Nc1ccc(Cl)cc1)C1CN(Cc2ccc(Cl)cc2)N(c2ccc(Cl)cc2)C1=O. The van der Waals surface area contributed by atoms with Gasteiger partial charge < -0.3 is 5.32 Å². The summed E-state index contributed by atoms with van der Waals surface area (Å²) in [6, 6.07) is 21.1. The van der Waals surface area contributed by atoms with Crippen LogP contribution in [-0.4, -0.2) is 23.4 Å². The minimum atomic E-state index is -0.862. The Morgan fingerprint density at radius 2 is 1.35 bits per heavy atom. The molecule has 0 bridgehead atoms. The van der Waals surface area contributed by atoms with Crippen molar-refractivity contribution in [3.63, 3.8) is 0 Å². The molecule has 5 nitrogen and oxygen atoms in total. The Morgan fingerprint density at radius 1 is 0.839 bits per heavy atom. The zero-order chi connectivity index (χ0) is 22.0. The number of nitrogens with zero attached hydrogens (tertiary/aromatic N) is 2. The van der Waals surface area contributed by atoms with Gasteiger partial charge in [0.05, 0.1) is 5.69 Å². The number of benzene rings is 3. The van der Waals surface area contributed by atoms with Gasteiger partial charge in [0.15, 0.2) is 0 Å². The highest BCUT2D eigenvalue weighted by Gasteiger charge is 2.43. The molecule has 3 aromatic rings. The number of nitrogens with one attached hydrogen (secondary N) is 1. The van der Waals surface area contributed by atoms with Crippen molar-refractivity contribution in [2.24, 2.45) is 5.92 Å². The molecule has 0 spiro atoms. The fourth-order valence-electron chi connectivity index (χ4n) is 3.42. The Morgan fingerprint density at radius 3 is 1.94 bits per heavy atom. The molecule has 158 valence electrons. The van der Waals surface area contributed by atoms with Crippen molar-refractivity contribution in [3.8, 4) is 0 Å². The van der Waals surface area contributed by atoms with Crippen molar-refractivity contribution in [1.29, 1.82) is 0 Å². The van der Waals surface area contributed by atoms with Crippen molar-refractivity contribution in [3.05, 3.63) is 93.4 Å². The standard InChI is InChI=1S/C23H18Cl3N3O2/c24-16-3-1-15(2-4-16)13-28-14-21(22(30)27-19-9-5-17(25)6-10-19)23(31)29(28)20-11-7-18(26)8-12-20/h1-12,21H,13-14H2,(H,27,30). The molecule has 1 aliphatic rings. The van der Waals surface area contributed by atoms with Gasteiger partial charge in [-0.1, -0.05) is 46.9 Å². The third kappa shape index (κ3) is 5.02. The van der Waals surface area contributed by atoms with E-state index in [2.05, 4.69) is 5.32 Å². The van der Waals surface area contributed by atoms with Crippen LogP contribution < -0.4 is 10.3 Å². The van der Waals surface area contributed by atoms with Crippen LogP contribution in [-0.2, 0) is 16.1 Å². The molecule has 1 fully saturated rings. The lowest BCUT2D eigenvalue weighted by Crippen LogP contribution is -2.39. The molecule has 1 N–H and O–H groups in total. The average Bonchev–Trinajstić information content (AvgIpc) is 3.08. The highest BCUT2D eigenvalue weighted by atomic mass is 35.5. The van der Waals surface area contributed by atoms with E-state index in [0.29, 0.717) is 33.0 Å². The van der Waals surface area contributed by atoms with E-state index < -0.39 is 5.92 Å². The van der Waals surface area contributed by atoms with E-state index in [0.717, 1.165) is 5.56 Å². The van der Waals surface area contributed by atoms with Gasteiger partial charge in [-0.05, 0) is 66.2 Å². The Balaban J connectivity index is 1.59. The van der Waals surface area contributed by atoms with Gasteiger partial charge in [0.2, 0.25) is 5.91 Å². The lowest BCUT2D eigenvalue weighted by Gasteiger charge is -2.28.